The van der Waals surface area contributed by atoms with Crippen LogP contribution in [-0.2, 0) is 11.3 Å². The van der Waals surface area contributed by atoms with Gasteiger partial charge in [0.2, 0.25) is 5.91 Å². The van der Waals surface area contributed by atoms with Crippen LogP contribution in [-0.4, -0.2) is 48.9 Å². The second kappa shape index (κ2) is 11.0. The summed E-state index contributed by atoms with van der Waals surface area (Å²) in [5.74, 6) is 0.377. The number of piperidine rings is 1. The lowest BCUT2D eigenvalue weighted by Crippen LogP contribution is -2.45. The zero-order chi connectivity index (χ0) is 21.0. The zero-order valence-corrected chi connectivity index (χ0v) is 20.6. The predicted molar refractivity (Wildman–Crippen MR) is 132 cm³/mol. The average Bonchev–Trinajstić information content (AvgIpc) is 3.07. The maximum absolute atomic E-state index is 13.2. The standard InChI is InChI=1S/C25H32BrN3O.ClH/c1-27-23(21-5-3-2-4-6-21)11-15-28-16-12-25(13-17-28)14-18-29(24(25)30)19-20-7-9-22(26)10-8-20;/h2-10,23,27H,11-19H2,1H3;1H. The molecular formula is C25H33BrClN3O. The number of nitrogens with zero attached hydrogens (tertiary/aromatic N) is 2. The van der Waals surface area contributed by atoms with E-state index in [2.05, 4.69) is 85.6 Å². The smallest absolute Gasteiger partial charge is 0.229 e. The molecule has 2 fully saturated rings. The van der Waals surface area contributed by atoms with Crippen LogP contribution in [0.5, 0.6) is 0 Å². The van der Waals surface area contributed by atoms with Crippen LogP contribution in [0.2, 0.25) is 0 Å². The van der Waals surface area contributed by atoms with Crippen molar-refractivity contribution in [1.82, 2.24) is 15.1 Å². The Bertz CT molecular complexity index is 838. The SMILES string of the molecule is CNC(CCN1CCC2(CC1)CCN(Cc1ccc(Br)cc1)C2=O)c1ccccc1.Cl. The van der Waals surface area contributed by atoms with E-state index in [-0.39, 0.29) is 17.8 Å². The molecule has 1 atom stereocenters. The third-order valence-corrected chi connectivity index (χ3v) is 7.51. The molecule has 2 aromatic carbocycles. The summed E-state index contributed by atoms with van der Waals surface area (Å²) in [6.07, 6.45) is 4.10. The van der Waals surface area contributed by atoms with Crippen LogP contribution in [0.15, 0.2) is 59.1 Å². The number of amides is 1. The van der Waals surface area contributed by atoms with E-state index in [1.54, 1.807) is 0 Å². The van der Waals surface area contributed by atoms with Crippen LogP contribution in [0.25, 0.3) is 0 Å². The van der Waals surface area contributed by atoms with Crippen molar-refractivity contribution in [2.75, 3.05) is 33.2 Å². The Hall–Kier alpha value is -1.40. The van der Waals surface area contributed by atoms with E-state index in [0.717, 1.165) is 62.9 Å². The van der Waals surface area contributed by atoms with Gasteiger partial charge in [-0.3, -0.25) is 4.79 Å². The molecule has 0 radical (unpaired) electrons. The maximum Gasteiger partial charge on any atom is 0.229 e. The van der Waals surface area contributed by atoms with Gasteiger partial charge in [0, 0.05) is 23.6 Å². The molecule has 4 rings (SSSR count). The molecule has 1 N–H and O–H groups in total. The maximum atomic E-state index is 13.2. The van der Waals surface area contributed by atoms with E-state index in [1.807, 2.05) is 7.05 Å². The van der Waals surface area contributed by atoms with Gasteiger partial charge in [-0.05, 0) is 75.6 Å². The van der Waals surface area contributed by atoms with Crippen molar-refractivity contribution in [3.63, 3.8) is 0 Å². The Kier molecular flexibility index (Phi) is 8.57. The lowest BCUT2D eigenvalue weighted by atomic mass is 9.77. The first-order valence-corrected chi connectivity index (χ1v) is 11.9. The minimum atomic E-state index is -0.117. The summed E-state index contributed by atoms with van der Waals surface area (Å²) in [4.78, 5) is 17.9. The highest BCUT2D eigenvalue weighted by atomic mass is 79.9. The van der Waals surface area contributed by atoms with Crippen molar-refractivity contribution in [1.29, 1.82) is 0 Å². The van der Waals surface area contributed by atoms with Crippen molar-refractivity contribution in [2.24, 2.45) is 5.41 Å². The number of nitrogens with one attached hydrogen (secondary N) is 1. The van der Waals surface area contributed by atoms with E-state index in [9.17, 15) is 4.79 Å². The third-order valence-electron chi connectivity index (χ3n) is 6.99. The summed E-state index contributed by atoms with van der Waals surface area (Å²) >= 11 is 3.48. The molecule has 2 saturated heterocycles. The largest absolute Gasteiger partial charge is 0.338 e. The summed E-state index contributed by atoms with van der Waals surface area (Å²) in [6, 6.07) is 19.4. The Morgan fingerprint density at radius 2 is 1.65 bits per heavy atom. The minimum Gasteiger partial charge on any atom is -0.338 e. The van der Waals surface area contributed by atoms with Crippen LogP contribution in [0.4, 0.5) is 0 Å². The summed E-state index contributed by atoms with van der Waals surface area (Å²) in [5, 5.41) is 3.46. The fourth-order valence-corrected chi connectivity index (χ4v) is 5.26. The highest BCUT2D eigenvalue weighted by molar-refractivity contribution is 9.10. The fourth-order valence-electron chi connectivity index (χ4n) is 5.00. The molecule has 1 amide bonds. The number of carbonyl (C=O) groups excluding carboxylic acids is 1. The third kappa shape index (κ3) is 5.70. The minimum absolute atomic E-state index is 0. The Morgan fingerprint density at radius 1 is 1.00 bits per heavy atom. The Labute approximate surface area is 200 Å². The number of likely N-dealkylation sites (tertiary alicyclic amines) is 2. The highest BCUT2D eigenvalue weighted by Crippen LogP contribution is 2.42. The van der Waals surface area contributed by atoms with Crippen LogP contribution in [0.3, 0.4) is 0 Å². The Balaban J connectivity index is 0.00000272. The number of carbonyl (C=O) groups is 1. The lowest BCUT2D eigenvalue weighted by molar-refractivity contribution is -0.138. The quantitative estimate of drug-likeness (QED) is 0.572. The molecule has 0 aliphatic carbocycles. The molecule has 0 saturated carbocycles. The molecule has 6 heteroatoms. The Morgan fingerprint density at radius 3 is 2.29 bits per heavy atom. The molecule has 0 bridgehead atoms. The summed E-state index contributed by atoms with van der Waals surface area (Å²) in [5.41, 5.74) is 2.44. The van der Waals surface area contributed by atoms with Gasteiger partial charge < -0.3 is 15.1 Å². The number of hydrogen-bond donors (Lipinski definition) is 1. The van der Waals surface area contributed by atoms with Crippen molar-refractivity contribution >= 4 is 34.2 Å². The van der Waals surface area contributed by atoms with Gasteiger partial charge in [-0.2, -0.15) is 0 Å². The fraction of sp³-hybridized carbons (Fsp3) is 0.480. The van der Waals surface area contributed by atoms with Crippen LogP contribution in [0.1, 0.15) is 42.9 Å². The van der Waals surface area contributed by atoms with Gasteiger partial charge in [-0.1, -0.05) is 58.4 Å². The van der Waals surface area contributed by atoms with Crippen molar-refractivity contribution < 1.29 is 4.79 Å². The molecular weight excluding hydrogens is 474 g/mol. The molecule has 0 aromatic heterocycles. The number of hydrogen-bond acceptors (Lipinski definition) is 3. The van der Waals surface area contributed by atoms with Crippen LogP contribution in [0, 0.1) is 5.41 Å². The van der Waals surface area contributed by atoms with Gasteiger partial charge in [0.15, 0.2) is 0 Å². The molecule has 4 nitrogen and oxygen atoms in total. The van der Waals surface area contributed by atoms with Crippen molar-refractivity contribution in [3.05, 3.63) is 70.2 Å². The second-order valence-electron chi connectivity index (χ2n) is 8.77. The molecule has 1 unspecified atom stereocenters. The van der Waals surface area contributed by atoms with Crippen LogP contribution >= 0.6 is 28.3 Å². The van der Waals surface area contributed by atoms with Gasteiger partial charge >= 0.3 is 0 Å². The van der Waals surface area contributed by atoms with E-state index >= 15 is 0 Å². The average molecular weight is 507 g/mol. The van der Waals surface area contributed by atoms with Gasteiger partial charge in [-0.15, -0.1) is 12.4 Å². The number of halogens is 2. The van der Waals surface area contributed by atoms with Gasteiger partial charge in [0.1, 0.15) is 0 Å². The molecule has 168 valence electrons. The topological polar surface area (TPSA) is 35.6 Å². The van der Waals surface area contributed by atoms with E-state index in [0.29, 0.717) is 11.9 Å². The van der Waals surface area contributed by atoms with E-state index < -0.39 is 0 Å². The summed E-state index contributed by atoms with van der Waals surface area (Å²) in [7, 11) is 2.04. The van der Waals surface area contributed by atoms with Gasteiger partial charge in [-0.25, -0.2) is 0 Å². The normalized spacial score (nSPS) is 19.4. The first-order valence-electron chi connectivity index (χ1n) is 11.1. The summed E-state index contributed by atoms with van der Waals surface area (Å²) < 4.78 is 1.08. The number of rotatable bonds is 7. The molecule has 2 heterocycles. The van der Waals surface area contributed by atoms with Crippen LogP contribution < -0.4 is 5.32 Å². The van der Waals surface area contributed by atoms with E-state index in [1.165, 1.54) is 11.1 Å². The molecule has 2 aliphatic rings. The zero-order valence-electron chi connectivity index (χ0n) is 18.2. The molecule has 1 spiro atoms. The van der Waals surface area contributed by atoms with Crippen molar-refractivity contribution in [3.8, 4) is 0 Å². The summed E-state index contributed by atoms with van der Waals surface area (Å²) in [6.45, 7) is 4.77. The predicted octanol–water partition coefficient (Wildman–Crippen LogP) is 5.04. The lowest BCUT2D eigenvalue weighted by Gasteiger charge is -2.38. The van der Waals surface area contributed by atoms with Gasteiger partial charge in [0.05, 0.1) is 5.41 Å². The highest BCUT2D eigenvalue weighted by Gasteiger charge is 2.47. The van der Waals surface area contributed by atoms with Gasteiger partial charge in [0.25, 0.3) is 0 Å². The van der Waals surface area contributed by atoms with Crippen molar-refractivity contribution in [2.45, 2.75) is 38.3 Å². The second-order valence-corrected chi connectivity index (χ2v) is 9.68. The molecule has 2 aromatic rings. The van der Waals surface area contributed by atoms with E-state index in [4.69, 9.17) is 0 Å². The first-order chi connectivity index (χ1) is 14.6. The molecule has 31 heavy (non-hydrogen) atoms. The molecule has 2 aliphatic heterocycles. The number of benzene rings is 2. The first kappa shape index (κ1) is 24.2. The monoisotopic (exact) mass is 505 g/mol.